The van der Waals surface area contributed by atoms with Crippen LogP contribution in [0.3, 0.4) is 0 Å². The summed E-state index contributed by atoms with van der Waals surface area (Å²) in [5.74, 6) is 1.45. The van der Waals surface area contributed by atoms with Crippen LogP contribution in [-0.4, -0.2) is 5.78 Å². The van der Waals surface area contributed by atoms with E-state index in [2.05, 4.69) is 24.3 Å². The van der Waals surface area contributed by atoms with Crippen molar-refractivity contribution in [2.45, 2.75) is 57.3 Å². The smallest absolute Gasteiger partial charge is 0.165 e. The Morgan fingerprint density at radius 3 is 2.06 bits per heavy atom. The van der Waals surface area contributed by atoms with E-state index in [0.29, 0.717) is 11.7 Å². The van der Waals surface area contributed by atoms with Crippen LogP contribution in [0, 0.1) is 5.92 Å². The quantitative estimate of drug-likeness (QED) is 0.701. The zero-order chi connectivity index (χ0) is 12.4. The van der Waals surface area contributed by atoms with Crippen molar-refractivity contribution in [1.29, 1.82) is 0 Å². The minimum absolute atomic E-state index is 0.299. The molecule has 3 rings (SSSR count). The van der Waals surface area contributed by atoms with Crippen LogP contribution >= 0.6 is 0 Å². The maximum atomic E-state index is 12.4. The van der Waals surface area contributed by atoms with E-state index >= 15 is 0 Å². The largest absolute Gasteiger partial charge is 0.294 e. The van der Waals surface area contributed by atoms with E-state index in [0.717, 1.165) is 24.3 Å². The highest BCUT2D eigenvalue weighted by Gasteiger charge is 2.23. The Bertz CT molecular complexity index is 408. The summed E-state index contributed by atoms with van der Waals surface area (Å²) in [7, 11) is 0. The lowest BCUT2D eigenvalue weighted by molar-refractivity contribution is 0.0889. The molecule has 0 aromatic heterocycles. The molecule has 0 spiro atoms. The van der Waals surface area contributed by atoms with E-state index in [-0.39, 0.29) is 0 Å². The minimum atomic E-state index is 0.299. The average Bonchev–Trinajstić information content (AvgIpc) is 2.38. The molecule has 0 heterocycles. The van der Waals surface area contributed by atoms with Crippen LogP contribution in [0.25, 0.3) is 0 Å². The zero-order valence-corrected chi connectivity index (χ0v) is 11.0. The molecule has 1 nitrogen and oxygen atoms in total. The Balaban J connectivity index is 1.69. The third-order valence-corrected chi connectivity index (χ3v) is 4.75. The Morgan fingerprint density at radius 2 is 1.50 bits per heavy atom. The summed E-state index contributed by atoms with van der Waals surface area (Å²) in [4.78, 5) is 12.4. The van der Waals surface area contributed by atoms with Gasteiger partial charge in [0.2, 0.25) is 0 Å². The van der Waals surface area contributed by atoms with Gasteiger partial charge in [-0.2, -0.15) is 0 Å². The lowest BCUT2D eigenvalue weighted by atomic mass is 9.79. The van der Waals surface area contributed by atoms with Gasteiger partial charge in [-0.05, 0) is 37.2 Å². The number of carbonyl (C=O) groups excluding carboxylic acids is 1. The van der Waals surface area contributed by atoms with Crippen molar-refractivity contribution in [3.05, 3.63) is 35.4 Å². The first-order chi connectivity index (χ1) is 8.84. The number of ketones is 1. The summed E-state index contributed by atoms with van der Waals surface area (Å²) in [6.07, 6.45) is 10.0. The topological polar surface area (TPSA) is 17.1 Å². The molecule has 0 saturated heterocycles. The average molecular weight is 242 g/mol. The molecule has 2 aliphatic rings. The standard InChI is InChI=1S/C17H22O/c18-17(15-5-2-1-3-6-15)16-11-9-14(10-12-16)13-7-4-8-13/h9-13,15H,1-8H2. The molecule has 0 atom stereocenters. The molecule has 0 unspecified atom stereocenters. The second-order valence-electron chi connectivity index (χ2n) is 5.95. The second kappa shape index (κ2) is 5.26. The van der Waals surface area contributed by atoms with Gasteiger partial charge in [0.15, 0.2) is 5.78 Å². The molecular weight excluding hydrogens is 220 g/mol. The van der Waals surface area contributed by atoms with Crippen molar-refractivity contribution < 1.29 is 4.79 Å². The van der Waals surface area contributed by atoms with Gasteiger partial charge in [0.25, 0.3) is 0 Å². The fourth-order valence-corrected chi connectivity index (χ4v) is 3.26. The van der Waals surface area contributed by atoms with Crippen molar-refractivity contribution in [3.63, 3.8) is 0 Å². The summed E-state index contributed by atoms with van der Waals surface area (Å²) >= 11 is 0. The molecule has 2 fully saturated rings. The lowest BCUT2D eigenvalue weighted by Crippen LogP contribution is -2.18. The minimum Gasteiger partial charge on any atom is -0.294 e. The maximum absolute atomic E-state index is 12.4. The molecule has 0 bridgehead atoms. The Kier molecular flexibility index (Phi) is 3.49. The first-order valence-corrected chi connectivity index (χ1v) is 7.49. The van der Waals surface area contributed by atoms with Crippen molar-refractivity contribution in [3.8, 4) is 0 Å². The SMILES string of the molecule is O=C(c1ccc(C2CCC2)cc1)C1CCCCC1. The summed E-state index contributed by atoms with van der Waals surface area (Å²) < 4.78 is 0. The Hall–Kier alpha value is -1.11. The van der Waals surface area contributed by atoms with E-state index in [9.17, 15) is 4.79 Å². The molecule has 2 saturated carbocycles. The van der Waals surface area contributed by atoms with Crippen molar-refractivity contribution in [2.24, 2.45) is 5.92 Å². The number of benzene rings is 1. The summed E-state index contributed by atoms with van der Waals surface area (Å²) in [6, 6.07) is 8.48. The molecule has 18 heavy (non-hydrogen) atoms. The first kappa shape index (κ1) is 12.0. The molecule has 0 N–H and O–H groups in total. The van der Waals surface area contributed by atoms with Crippen LogP contribution < -0.4 is 0 Å². The van der Waals surface area contributed by atoms with Crippen LogP contribution in [0.1, 0.15) is 73.2 Å². The second-order valence-corrected chi connectivity index (χ2v) is 5.95. The number of rotatable bonds is 3. The molecule has 1 heteroatoms. The lowest BCUT2D eigenvalue weighted by Gasteiger charge is -2.26. The molecule has 96 valence electrons. The highest BCUT2D eigenvalue weighted by atomic mass is 16.1. The molecule has 0 radical (unpaired) electrons. The number of hydrogen-bond acceptors (Lipinski definition) is 1. The Labute approximate surface area is 110 Å². The number of carbonyl (C=O) groups is 1. The molecule has 1 aromatic rings. The van der Waals surface area contributed by atoms with Gasteiger partial charge in [0.05, 0.1) is 0 Å². The summed E-state index contributed by atoms with van der Waals surface area (Å²) in [6.45, 7) is 0. The van der Waals surface area contributed by atoms with Gasteiger partial charge in [0, 0.05) is 11.5 Å². The number of hydrogen-bond donors (Lipinski definition) is 0. The zero-order valence-electron chi connectivity index (χ0n) is 11.0. The predicted octanol–water partition coefficient (Wildman–Crippen LogP) is 4.72. The van der Waals surface area contributed by atoms with Gasteiger partial charge in [0.1, 0.15) is 0 Å². The monoisotopic (exact) mass is 242 g/mol. The fraction of sp³-hybridized carbons (Fsp3) is 0.588. The summed E-state index contributed by atoms with van der Waals surface area (Å²) in [5, 5.41) is 0. The van der Waals surface area contributed by atoms with Gasteiger partial charge >= 0.3 is 0 Å². The predicted molar refractivity (Wildman–Crippen MR) is 73.9 cm³/mol. The van der Waals surface area contributed by atoms with Crippen molar-refractivity contribution >= 4 is 5.78 Å². The van der Waals surface area contributed by atoms with Crippen LogP contribution in [0.5, 0.6) is 0 Å². The first-order valence-electron chi connectivity index (χ1n) is 7.49. The van der Waals surface area contributed by atoms with E-state index in [1.165, 1.54) is 44.1 Å². The van der Waals surface area contributed by atoms with Crippen molar-refractivity contribution in [1.82, 2.24) is 0 Å². The van der Waals surface area contributed by atoms with Gasteiger partial charge in [-0.1, -0.05) is 49.9 Å². The van der Waals surface area contributed by atoms with Crippen LogP contribution in [0.2, 0.25) is 0 Å². The van der Waals surface area contributed by atoms with Gasteiger partial charge in [-0.15, -0.1) is 0 Å². The van der Waals surface area contributed by atoms with Gasteiger partial charge in [-0.25, -0.2) is 0 Å². The van der Waals surface area contributed by atoms with Gasteiger partial charge in [-0.3, -0.25) is 4.79 Å². The van der Waals surface area contributed by atoms with Crippen LogP contribution in [-0.2, 0) is 0 Å². The van der Waals surface area contributed by atoms with E-state index in [1.54, 1.807) is 0 Å². The van der Waals surface area contributed by atoms with Crippen molar-refractivity contribution in [2.75, 3.05) is 0 Å². The Morgan fingerprint density at radius 1 is 0.833 bits per heavy atom. The van der Waals surface area contributed by atoms with Crippen LogP contribution in [0.4, 0.5) is 0 Å². The molecular formula is C17H22O. The number of Topliss-reactive ketones (excluding diaryl/α,β-unsaturated/α-hetero) is 1. The third kappa shape index (κ3) is 2.36. The molecule has 0 aliphatic heterocycles. The van der Waals surface area contributed by atoms with Crippen LogP contribution in [0.15, 0.2) is 24.3 Å². The third-order valence-electron chi connectivity index (χ3n) is 4.75. The molecule has 0 amide bonds. The normalized spacial score (nSPS) is 21.6. The maximum Gasteiger partial charge on any atom is 0.165 e. The van der Waals surface area contributed by atoms with E-state index in [4.69, 9.17) is 0 Å². The molecule has 2 aliphatic carbocycles. The summed E-state index contributed by atoms with van der Waals surface area (Å²) in [5.41, 5.74) is 2.37. The highest BCUT2D eigenvalue weighted by molar-refractivity contribution is 5.97. The van der Waals surface area contributed by atoms with E-state index in [1.807, 2.05) is 0 Å². The van der Waals surface area contributed by atoms with E-state index < -0.39 is 0 Å². The molecule has 1 aromatic carbocycles. The highest BCUT2D eigenvalue weighted by Crippen LogP contribution is 2.36. The fourth-order valence-electron chi connectivity index (χ4n) is 3.26. The van der Waals surface area contributed by atoms with Gasteiger partial charge < -0.3 is 0 Å².